The fourth-order valence-electron chi connectivity index (χ4n) is 3.63. The number of pyridine rings is 1. The number of ether oxygens (including phenoxy) is 1. The van der Waals surface area contributed by atoms with Crippen LogP contribution in [0.15, 0.2) is 18.5 Å². The van der Waals surface area contributed by atoms with Gasteiger partial charge in [0.05, 0.1) is 11.6 Å². The molecule has 2 rings (SSSR count). The Morgan fingerprint density at radius 1 is 1.29 bits per heavy atom. The van der Waals surface area contributed by atoms with Crippen LogP contribution in [0.4, 0.5) is 0 Å². The molecule has 1 heterocycles. The quantitative estimate of drug-likeness (QED) is 0.889. The second kappa shape index (κ2) is 6.45. The first kappa shape index (κ1) is 16.4. The maximum absolute atomic E-state index is 6.34. The van der Waals surface area contributed by atoms with E-state index in [0.29, 0.717) is 5.41 Å². The van der Waals surface area contributed by atoms with Crippen molar-refractivity contribution >= 4 is 0 Å². The van der Waals surface area contributed by atoms with Gasteiger partial charge in [0, 0.05) is 19.0 Å². The first-order chi connectivity index (χ1) is 9.94. The molecule has 1 fully saturated rings. The molecule has 1 N–H and O–H groups in total. The lowest BCUT2D eigenvalue weighted by atomic mass is 9.67. The van der Waals surface area contributed by atoms with Crippen LogP contribution in [0.3, 0.4) is 0 Å². The van der Waals surface area contributed by atoms with Crippen LogP contribution in [-0.2, 0) is 4.74 Å². The highest BCUT2D eigenvalue weighted by molar-refractivity contribution is 5.28. The van der Waals surface area contributed by atoms with Gasteiger partial charge in [-0.15, -0.1) is 0 Å². The van der Waals surface area contributed by atoms with E-state index in [1.165, 1.54) is 24.0 Å². The third kappa shape index (κ3) is 3.46. The van der Waals surface area contributed by atoms with Gasteiger partial charge in [-0.25, -0.2) is 0 Å². The van der Waals surface area contributed by atoms with Crippen LogP contribution in [-0.4, -0.2) is 24.2 Å². The number of aryl methyl sites for hydroxylation is 1. The second-order valence-corrected chi connectivity index (χ2v) is 7.12. The van der Waals surface area contributed by atoms with Crippen LogP contribution in [0.5, 0.6) is 0 Å². The van der Waals surface area contributed by atoms with Gasteiger partial charge < -0.3 is 10.1 Å². The van der Waals surface area contributed by atoms with Gasteiger partial charge >= 0.3 is 0 Å². The van der Waals surface area contributed by atoms with E-state index in [4.69, 9.17) is 4.74 Å². The molecule has 1 aliphatic carbocycles. The molecule has 21 heavy (non-hydrogen) atoms. The Hall–Kier alpha value is -0.930. The molecule has 3 nitrogen and oxygen atoms in total. The molecule has 1 saturated carbocycles. The Kier molecular flexibility index (Phi) is 5.05. The summed E-state index contributed by atoms with van der Waals surface area (Å²) >= 11 is 0. The number of nitrogens with one attached hydrogen (secondary N) is 1. The van der Waals surface area contributed by atoms with Crippen molar-refractivity contribution in [1.82, 2.24) is 10.3 Å². The Morgan fingerprint density at radius 3 is 2.48 bits per heavy atom. The molecule has 1 unspecified atom stereocenters. The van der Waals surface area contributed by atoms with E-state index in [1.54, 1.807) is 0 Å². The maximum atomic E-state index is 6.34. The lowest BCUT2D eigenvalue weighted by Gasteiger charge is -2.48. The molecule has 0 saturated heterocycles. The summed E-state index contributed by atoms with van der Waals surface area (Å²) in [6, 6.07) is 2.30. The smallest absolute Gasteiger partial charge is 0.0877 e. The summed E-state index contributed by atoms with van der Waals surface area (Å²) in [5.74, 6) is 0. The first-order valence-electron chi connectivity index (χ1n) is 8.16. The first-order valence-corrected chi connectivity index (χ1v) is 8.16. The molecule has 0 bridgehead atoms. The summed E-state index contributed by atoms with van der Waals surface area (Å²) in [5.41, 5.74) is 2.89. The van der Waals surface area contributed by atoms with Crippen molar-refractivity contribution in [1.29, 1.82) is 0 Å². The monoisotopic (exact) mass is 290 g/mol. The van der Waals surface area contributed by atoms with Crippen LogP contribution in [0.2, 0.25) is 0 Å². The SMILES string of the molecule is CCOC1(C(NC)c2cnccc2C)CCC(C)(C)CC1. The molecule has 118 valence electrons. The van der Waals surface area contributed by atoms with Crippen LogP contribution in [0, 0.1) is 12.3 Å². The highest BCUT2D eigenvalue weighted by Crippen LogP contribution is 2.47. The lowest BCUT2D eigenvalue weighted by molar-refractivity contribution is -0.106. The van der Waals surface area contributed by atoms with Crippen molar-refractivity contribution in [2.75, 3.05) is 13.7 Å². The summed E-state index contributed by atoms with van der Waals surface area (Å²) in [6.07, 6.45) is 8.50. The summed E-state index contributed by atoms with van der Waals surface area (Å²) in [7, 11) is 2.04. The molecule has 3 heteroatoms. The summed E-state index contributed by atoms with van der Waals surface area (Å²) in [4.78, 5) is 4.33. The summed E-state index contributed by atoms with van der Waals surface area (Å²) < 4.78 is 6.34. The van der Waals surface area contributed by atoms with Gasteiger partial charge in [0.2, 0.25) is 0 Å². The van der Waals surface area contributed by atoms with Gasteiger partial charge in [-0.1, -0.05) is 13.8 Å². The van der Waals surface area contributed by atoms with Crippen molar-refractivity contribution in [3.8, 4) is 0 Å². The number of hydrogen-bond donors (Lipinski definition) is 1. The molecule has 0 amide bonds. The van der Waals surface area contributed by atoms with Gasteiger partial charge in [-0.2, -0.15) is 0 Å². The Balaban J connectivity index is 2.34. The van der Waals surface area contributed by atoms with E-state index >= 15 is 0 Å². The summed E-state index contributed by atoms with van der Waals surface area (Å²) in [5, 5.41) is 3.52. The maximum Gasteiger partial charge on any atom is 0.0877 e. The minimum Gasteiger partial charge on any atom is -0.373 e. The van der Waals surface area contributed by atoms with Gasteiger partial charge in [0.15, 0.2) is 0 Å². The normalized spacial score (nSPS) is 22.0. The number of hydrogen-bond acceptors (Lipinski definition) is 3. The predicted molar refractivity (Wildman–Crippen MR) is 87.4 cm³/mol. The molecule has 0 aliphatic heterocycles. The second-order valence-electron chi connectivity index (χ2n) is 7.12. The molecule has 0 spiro atoms. The molecule has 0 aromatic carbocycles. The fraction of sp³-hybridized carbons (Fsp3) is 0.722. The van der Waals surface area contributed by atoms with Crippen molar-refractivity contribution in [3.63, 3.8) is 0 Å². The third-order valence-electron chi connectivity index (χ3n) is 5.09. The van der Waals surface area contributed by atoms with E-state index in [1.807, 2.05) is 19.4 Å². The molecule has 1 aliphatic rings. The fourth-order valence-corrected chi connectivity index (χ4v) is 3.63. The molecule has 1 atom stereocenters. The van der Waals surface area contributed by atoms with Gasteiger partial charge in [-0.05, 0) is 69.2 Å². The lowest BCUT2D eigenvalue weighted by Crippen LogP contribution is -2.49. The van der Waals surface area contributed by atoms with Gasteiger partial charge in [0.1, 0.15) is 0 Å². The molecular formula is C18H30N2O. The van der Waals surface area contributed by atoms with E-state index in [2.05, 4.69) is 44.1 Å². The Morgan fingerprint density at radius 2 is 1.95 bits per heavy atom. The minimum absolute atomic E-state index is 0.104. The Bertz CT molecular complexity index is 460. The average molecular weight is 290 g/mol. The van der Waals surface area contributed by atoms with Crippen molar-refractivity contribution in [2.45, 2.75) is 65.0 Å². The number of likely N-dealkylation sites (N-methyl/N-ethyl adjacent to an activating group) is 1. The average Bonchev–Trinajstić information content (AvgIpc) is 2.45. The number of rotatable bonds is 5. The zero-order valence-corrected chi connectivity index (χ0v) is 14.2. The molecule has 1 aromatic rings. The van der Waals surface area contributed by atoms with Crippen molar-refractivity contribution in [2.24, 2.45) is 5.41 Å². The van der Waals surface area contributed by atoms with Crippen LogP contribution < -0.4 is 5.32 Å². The number of aromatic nitrogens is 1. The van der Waals surface area contributed by atoms with Crippen LogP contribution in [0.1, 0.15) is 63.6 Å². The Labute approximate surface area is 129 Å². The predicted octanol–water partition coefficient (Wildman–Crippen LogP) is 4.03. The van der Waals surface area contributed by atoms with E-state index in [0.717, 1.165) is 19.4 Å². The van der Waals surface area contributed by atoms with Gasteiger partial charge in [0.25, 0.3) is 0 Å². The zero-order valence-electron chi connectivity index (χ0n) is 14.2. The minimum atomic E-state index is -0.104. The highest BCUT2D eigenvalue weighted by atomic mass is 16.5. The number of nitrogens with zero attached hydrogens (tertiary/aromatic N) is 1. The molecule has 0 radical (unpaired) electrons. The van der Waals surface area contributed by atoms with E-state index < -0.39 is 0 Å². The zero-order chi connectivity index (χ0) is 15.5. The van der Waals surface area contributed by atoms with Crippen molar-refractivity contribution in [3.05, 3.63) is 29.6 Å². The topological polar surface area (TPSA) is 34.1 Å². The van der Waals surface area contributed by atoms with Gasteiger partial charge in [-0.3, -0.25) is 4.98 Å². The molecular weight excluding hydrogens is 260 g/mol. The summed E-state index contributed by atoms with van der Waals surface area (Å²) in [6.45, 7) is 9.76. The highest BCUT2D eigenvalue weighted by Gasteiger charge is 2.45. The van der Waals surface area contributed by atoms with E-state index in [-0.39, 0.29) is 11.6 Å². The van der Waals surface area contributed by atoms with Crippen LogP contribution in [0.25, 0.3) is 0 Å². The molecule has 1 aromatic heterocycles. The van der Waals surface area contributed by atoms with E-state index in [9.17, 15) is 0 Å². The largest absolute Gasteiger partial charge is 0.373 e. The standard InChI is InChI=1S/C18H30N2O/c1-6-21-18(10-8-17(3,4)9-11-18)16(19-5)15-13-20-12-7-14(15)2/h7,12-13,16,19H,6,8-11H2,1-5H3. The van der Waals surface area contributed by atoms with Crippen molar-refractivity contribution < 1.29 is 4.74 Å². The van der Waals surface area contributed by atoms with Crippen LogP contribution >= 0.6 is 0 Å². The third-order valence-corrected chi connectivity index (χ3v) is 5.09.